The number of aryl methyl sites for hydroxylation is 1. The van der Waals surface area contributed by atoms with Gasteiger partial charge in [-0.3, -0.25) is 9.59 Å². The summed E-state index contributed by atoms with van der Waals surface area (Å²) >= 11 is 0. The average molecular weight is 493 g/mol. The van der Waals surface area contributed by atoms with Gasteiger partial charge in [0.2, 0.25) is 5.95 Å². The van der Waals surface area contributed by atoms with Crippen molar-refractivity contribution >= 4 is 28.6 Å². The standard InChI is InChI=1S/C26H32N6O4/c1-31-10-8-18(9-11-31)28-24(33)17-6-7-19(22(12-17)35-3)29-26-27-14-21-20(30-26)13-23(25(34)32(21)2)36-15-16-4-5-16/h6-7,12-14,16,18H,4-5,8-11,15H2,1-3H3,(H,28,33)(H,27,29,30). The number of methoxy groups -OCH3 is 1. The monoisotopic (exact) mass is 492 g/mol. The Morgan fingerprint density at radius 2 is 1.89 bits per heavy atom. The zero-order valence-corrected chi connectivity index (χ0v) is 20.9. The highest BCUT2D eigenvalue weighted by Gasteiger charge is 2.23. The minimum atomic E-state index is -0.205. The summed E-state index contributed by atoms with van der Waals surface area (Å²) in [4.78, 5) is 36.7. The van der Waals surface area contributed by atoms with Gasteiger partial charge in [0, 0.05) is 24.7 Å². The van der Waals surface area contributed by atoms with Crippen molar-refractivity contribution in [3.63, 3.8) is 0 Å². The predicted octanol–water partition coefficient (Wildman–Crippen LogP) is 2.69. The Hall–Kier alpha value is -3.66. The molecule has 1 aliphatic carbocycles. The largest absolute Gasteiger partial charge is 0.495 e. The summed E-state index contributed by atoms with van der Waals surface area (Å²) in [5.74, 6) is 1.56. The van der Waals surface area contributed by atoms with Crippen molar-refractivity contribution in [2.75, 3.05) is 39.2 Å². The molecule has 2 aromatic heterocycles. The van der Waals surface area contributed by atoms with Crippen molar-refractivity contribution in [3.05, 3.63) is 46.4 Å². The van der Waals surface area contributed by atoms with Gasteiger partial charge in [-0.25, -0.2) is 9.97 Å². The second kappa shape index (κ2) is 10.1. The predicted molar refractivity (Wildman–Crippen MR) is 137 cm³/mol. The third kappa shape index (κ3) is 5.28. The van der Waals surface area contributed by atoms with Crippen molar-refractivity contribution in [1.29, 1.82) is 0 Å². The lowest BCUT2D eigenvalue weighted by atomic mass is 10.0. The van der Waals surface area contributed by atoms with E-state index in [0.717, 1.165) is 38.8 Å². The maximum Gasteiger partial charge on any atom is 0.293 e. The van der Waals surface area contributed by atoms with Gasteiger partial charge < -0.3 is 29.6 Å². The number of amides is 1. The molecule has 0 atom stereocenters. The fourth-order valence-corrected chi connectivity index (χ4v) is 4.35. The molecule has 1 amide bonds. The first-order valence-corrected chi connectivity index (χ1v) is 12.4. The molecule has 190 valence electrons. The zero-order valence-electron chi connectivity index (χ0n) is 20.9. The number of anilines is 2. The number of carbonyl (C=O) groups is 1. The highest BCUT2D eigenvalue weighted by atomic mass is 16.5. The minimum absolute atomic E-state index is 0.115. The van der Waals surface area contributed by atoms with Gasteiger partial charge in [-0.15, -0.1) is 0 Å². The number of benzene rings is 1. The van der Waals surface area contributed by atoms with Crippen LogP contribution in [0.5, 0.6) is 11.5 Å². The van der Waals surface area contributed by atoms with Gasteiger partial charge in [-0.1, -0.05) is 0 Å². The topological polar surface area (TPSA) is 111 Å². The van der Waals surface area contributed by atoms with Gasteiger partial charge in [0.15, 0.2) is 5.75 Å². The number of rotatable bonds is 8. The number of pyridine rings is 1. The molecule has 2 fully saturated rings. The number of hydrogen-bond donors (Lipinski definition) is 2. The fraction of sp³-hybridized carbons (Fsp3) is 0.462. The first kappa shape index (κ1) is 24.1. The first-order chi connectivity index (χ1) is 17.4. The van der Waals surface area contributed by atoms with E-state index in [2.05, 4.69) is 32.5 Å². The number of nitrogens with zero attached hydrogens (tertiary/aromatic N) is 4. The molecule has 0 unspecified atom stereocenters. The van der Waals surface area contributed by atoms with Crippen molar-refractivity contribution in [3.8, 4) is 11.5 Å². The van der Waals surface area contributed by atoms with E-state index < -0.39 is 0 Å². The van der Waals surface area contributed by atoms with Crippen LogP contribution in [0.25, 0.3) is 11.0 Å². The fourth-order valence-electron chi connectivity index (χ4n) is 4.35. The van der Waals surface area contributed by atoms with E-state index in [-0.39, 0.29) is 17.5 Å². The van der Waals surface area contributed by atoms with Crippen LogP contribution in [-0.2, 0) is 7.05 Å². The first-order valence-electron chi connectivity index (χ1n) is 12.4. The second-order valence-corrected chi connectivity index (χ2v) is 9.68. The van der Waals surface area contributed by atoms with Crippen LogP contribution in [0.1, 0.15) is 36.0 Å². The summed E-state index contributed by atoms with van der Waals surface area (Å²) in [6.45, 7) is 2.50. The van der Waals surface area contributed by atoms with E-state index in [9.17, 15) is 9.59 Å². The Labute approximate surface area is 209 Å². The molecule has 1 aromatic carbocycles. The molecule has 2 aliphatic rings. The number of likely N-dealkylation sites (tertiary alicyclic amines) is 1. The number of nitrogens with one attached hydrogen (secondary N) is 2. The van der Waals surface area contributed by atoms with Gasteiger partial charge >= 0.3 is 0 Å². The molecule has 2 N–H and O–H groups in total. The molecule has 36 heavy (non-hydrogen) atoms. The van der Waals surface area contributed by atoms with Gasteiger partial charge in [-0.2, -0.15) is 0 Å². The average Bonchev–Trinajstić information content (AvgIpc) is 3.71. The molecule has 3 heterocycles. The van der Waals surface area contributed by atoms with Crippen LogP contribution < -0.4 is 25.7 Å². The summed E-state index contributed by atoms with van der Waals surface area (Å²) in [6.07, 6.45) is 5.77. The van der Waals surface area contributed by atoms with Crippen LogP contribution in [0.15, 0.2) is 35.3 Å². The van der Waals surface area contributed by atoms with E-state index >= 15 is 0 Å². The molecular formula is C26H32N6O4. The maximum absolute atomic E-state index is 12.8. The van der Waals surface area contributed by atoms with Crippen LogP contribution in [0.4, 0.5) is 11.6 Å². The lowest BCUT2D eigenvalue weighted by molar-refractivity contribution is 0.0916. The van der Waals surface area contributed by atoms with Crippen LogP contribution in [0, 0.1) is 5.92 Å². The number of carbonyl (C=O) groups excluding carboxylic acids is 1. The van der Waals surface area contributed by atoms with Gasteiger partial charge in [0.25, 0.3) is 11.5 Å². The Balaban J connectivity index is 1.33. The van der Waals surface area contributed by atoms with E-state index in [4.69, 9.17) is 9.47 Å². The summed E-state index contributed by atoms with van der Waals surface area (Å²) in [6, 6.07) is 7.09. The smallest absolute Gasteiger partial charge is 0.293 e. The van der Waals surface area contributed by atoms with Crippen molar-refractivity contribution in [1.82, 2.24) is 24.8 Å². The Morgan fingerprint density at radius 3 is 2.61 bits per heavy atom. The van der Waals surface area contributed by atoms with E-state index in [1.54, 1.807) is 44.6 Å². The van der Waals surface area contributed by atoms with Crippen molar-refractivity contribution in [2.24, 2.45) is 13.0 Å². The molecular weight excluding hydrogens is 460 g/mol. The summed E-state index contributed by atoms with van der Waals surface area (Å²) in [7, 11) is 5.33. The number of hydrogen-bond acceptors (Lipinski definition) is 8. The Kier molecular flexibility index (Phi) is 6.77. The van der Waals surface area contributed by atoms with Crippen LogP contribution in [0.2, 0.25) is 0 Å². The molecule has 0 bridgehead atoms. The molecule has 0 spiro atoms. The lowest BCUT2D eigenvalue weighted by Crippen LogP contribution is -2.43. The van der Waals surface area contributed by atoms with Gasteiger partial charge in [0.05, 0.1) is 36.6 Å². The molecule has 1 aliphatic heterocycles. The van der Waals surface area contributed by atoms with E-state index in [1.807, 2.05) is 0 Å². The van der Waals surface area contributed by atoms with E-state index in [0.29, 0.717) is 52.3 Å². The molecule has 10 heteroatoms. The van der Waals surface area contributed by atoms with Crippen LogP contribution in [-0.4, -0.2) is 65.2 Å². The van der Waals surface area contributed by atoms with Crippen LogP contribution in [0.3, 0.4) is 0 Å². The molecule has 3 aromatic rings. The molecule has 5 rings (SSSR count). The molecule has 10 nitrogen and oxygen atoms in total. The molecule has 1 saturated heterocycles. The zero-order chi connectivity index (χ0) is 25.2. The van der Waals surface area contributed by atoms with Gasteiger partial charge in [0.1, 0.15) is 5.75 Å². The SMILES string of the molecule is COc1cc(C(=O)NC2CCN(C)CC2)ccc1Nc1ncc2c(cc(OCC3CC3)c(=O)n2C)n1. The Bertz CT molecular complexity index is 1330. The van der Waals surface area contributed by atoms with E-state index in [1.165, 1.54) is 4.57 Å². The number of ether oxygens (including phenoxy) is 2. The number of piperidine rings is 1. The third-order valence-corrected chi connectivity index (χ3v) is 6.88. The lowest BCUT2D eigenvalue weighted by Gasteiger charge is -2.29. The summed E-state index contributed by atoms with van der Waals surface area (Å²) in [5, 5.41) is 6.30. The molecule has 0 radical (unpaired) electrons. The highest BCUT2D eigenvalue weighted by Crippen LogP contribution is 2.30. The third-order valence-electron chi connectivity index (χ3n) is 6.88. The quantitative estimate of drug-likeness (QED) is 0.494. The van der Waals surface area contributed by atoms with Gasteiger partial charge in [-0.05, 0) is 69.9 Å². The highest BCUT2D eigenvalue weighted by molar-refractivity contribution is 5.95. The number of aromatic nitrogens is 3. The van der Waals surface area contributed by atoms with Crippen molar-refractivity contribution in [2.45, 2.75) is 31.7 Å². The van der Waals surface area contributed by atoms with Crippen molar-refractivity contribution < 1.29 is 14.3 Å². The minimum Gasteiger partial charge on any atom is -0.495 e. The van der Waals surface area contributed by atoms with Crippen LogP contribution >= 0.6 is 0 Å². The second-order valence-electron chi connectivity index (χ2n) is 9.68. The number of fused-ring (bicyclic) bond motifs is 1. The molecule has 1 saturated carbocycles. The summed E-state index contributed by atoms with van der Waals surface area (Å²) < 4.78 is 12.8. The maximum atomic E-state index is 12.8. The normalized spacial score (nSPS) is 16.6. The summed E-state index contributed by atoms with van der Waals surface area (Å²) in [5.41, 5.74) is 2.15. The Morgan fingerprint density at radius 1 is 1.11 bits per heavy atom.